The second kappa shape index (κ2) is 5.82. The molecule has 4 nitrogen and oxygen atoms in total. The Hall–Kier alpha value is -0.130. The van der Waals surface area contributed by atoms with Crippen LogP contribution in [0, 0.1) is 5.92 Å². The van der Waals surface area contributed by atoms with E-state index in [4.69, 9.17) is 0 Å². The van der Waals surface area contributed by atoms with Crippen LogP contribution in [0.25, 0.3) is 0 Å². The van der Waals surface area contributed by atoms with Gasteiger partial charge in [0, 0.05) is 19.1 Å². The first-order valence-corrected chi connectivity index (χ1v) is 7.35. The second-order valence-corrected chi connectivity index (χ2v) is 6.48. The molecule has 5 heteroatoms. The molecule has 1 aliphatic rings. The SMILES string of the molecule is CC(C)NCCS(=O)(=O)NCCC1CC1. The molecular weight excluding hydrogens is 212 g/mol. The van der Waals surface area contributed by atoms with Crippen LogP contribution in [0.1, 0.15) is 33.1 Å². The van der Waals surface area contributed by atoms with Gasteiger partial charge in [0.25, 0.3) is 0 Å². The van der Waals surface area contributed by atoms with Gasteiger partial charge in [-0.25, -0.2) is 13.1 Å². The average molecular weight is 234 g/mol. The molecule has 1 fully saturated rings. The molecule has 0 aromatic heterocycles. The highest BCUT2D eigenvalue weighted by atomic mass is 32.2. The van der Waals surface area contributed by atoms with Crippen molar-refractivity contribution in [3.8, 4) is 0 Å². The fraction of sp³-hybridized carbons (Fsp3) is 1.00. The van der Waals surface area contributed by atoms with Gasteiger partial charge in [-0.15, -0.1) is 0 Å². The predicted molar refractivity (Wildman–Crippen MR) is 62.3 cm³/mol. The maximum atomic E-state index is 11.5. The Morgan fingerprint density at radius 3 is 2.47 bits per heavy atom. The van der Waals surface area contributed by atoms with Gasteiger partial charge in [-0.2, -0.15) is 0 Å². The zero-order valence-corrected chi connectivity index (χ0v) is 10.4. The van der Waals surface area contributed by atoms with Gasteiger partial charge in [-0.1, -0.05) is 26.7 Å². The van der Waals surface area contributed by atoms with Crippen LogP contribution in [0.15, 0.2) is 0 Å². The molecule has 1 aliphatic carbocycles. The first-order chi connectivity index (χ1) is 6.99. The molecule has 0 saturated heterocycles. The minimum absolute atomic E-state index is 0.176. The lowest BCUT2D eigenvalue weighted by molar-refractivity contribution is 0.562. The molecule has 0 heterocycles. The number of sulfonamides is 1. The molecule has 1 rings (SSSR count). The number of nitrogens with one attached hydrogen (secondary N) is 2. The molecule has 0 spiro atoms. The Balaban J connectivity index is 2.07. The third-order valence-corrected chi connectivity index (χ3v) is 3.88. The summed E-state index contributed by atoms with van der Waals surface area (Å²) in [6.07, 6.45) is 3.55. The van der Waals surface area contributed by atoms with Crippen LogP contribution in [0.5, 0.6) is 0 Å². The normalized spacial score (nSPS) is 17.3. The van der Waals surface area contributed by atoms with Gasteiger partial charge in [0.15, 0.2) is 0 Å². The molecule has 0 radical (unpaired) electrons. The zero-order chi connectivity index (χ0) is 11.3. The predicted octanol–water partition coefficient (Wildman–Crippen LogP) is 0.704. The molecule has 2 N–H and O–H groups in total. The van der Waals surface area contributed by atoms with E-state index in [0.717, 1.165) is 12.3 Å². The Bertz CT molecular complexity index is 257. The van der Waals surface area contributed by atoms with Crippen molar-refractivity contribution in [1.29, 1.82) is 0 Å². The topological polar surface area (TPSA) is 58.2 Å². The van der Waals surface area contributed by atoms with Gasteiger partial charge < -0.3 is 5.32 Å². The van der Waals surface area contributed by atoms with Crippen molar-refractivity contribution in [2.45, 2.75) is 39.2 Å². The van der Waals surface area contributed by atoms with Crippen molar-refractivity contribution in [1.82, 2.24) is 10.0 Å². The summed E-state index contributed by atoms with van der Waals surface area (Å²) >= 11 is 0. The van der Waals surface area contributed by atoms with Crippen molar-refractivity contribution in [2.75, 3.05) is 18.8 Å². The first-order valence-electron chi connectivity index (χ1n) is 5.70. The molecule has 0 atom stereocenters. The monoisotopic (exact) mass is 234 g/mol. The van der Waals surface area contributed by atoms with Gasteiger partial charge >= 0.3 is 0 Å². The van der Waals surface area contributed by atoms with Crippen LogP contribution in [-0.4, -0.2) is 33.3 Å². The number of hydrogen-bond acceptors (Lipinski definition) is 3. The third kappa shape index (κ3) is 6.87. The van der Waals surface area contributed by atoms with Crippen molar-refractivity contribution in [3.05, 3.63) is 0 Å². The third-order valence-electron chi connectivity index (χ3n) is 2.49. The maximum absolute atomic E-state index is 11.5. The minimum Gasteiger partial charge on any atom is -0.313 e. The lowest BCUT2D eigenvalue weighted by atomic mass is 10.3. The molecule has 0 aromatic rings. The zero-order valence-electron chi connectivity index (χ0n) is 9.62. The summed E-state index contributed by atoms with van der Waals surface area (Å²) < 4.78 is 25.6. The van der Waals surface area contributed by atoms with Crippen molar-refractivity contribution < 1.29 is 8.42 Å². The van der Waals surface area contributed by atoms with E-state index >= 15 is 0 Å². The summed E-state index contributed by atoms with van der Waals surface area (Å²) in [5.41, 5.74) is 0. The van der Waals surface area contributed by atoms with Crippen LogP contribution in [0.4, 0.5) is 0 Å². The Labute approximate surface area is 92.9 Å². The highest BCUT2D eigenvalue weighted by molar-refractivity contribution is 7.89. The summed E-state index contributed by atoms with van der Waals surface area (Å²) in [4.78, 5) is 0. The Kier molecular flexibility index (Phi) is 5.02. The molecular formula is C10H22N2O2S. The first kappa shape index (κ1) is 12.9. The van der Waals surface area contributed by atoms with Gasteiger partial charge in [0.2, 0.25) is 10.0 Å². The van der Waals surface area contributed by atoms with E-state index in [1.165, 1.54) is 12.8 Å². The minimum atomic E-state index is -3.06. The van der Waals surface area contributed by atoms with E-state index in [0.29, 0.717) is 19.1 Å². The van der Waals surface area contributed by atoms with E-state index in [1.54, 1.807) is 0 Å². The van der Waals surface area contributed by atoms with Gasteiger partial charge in [-0.3, -0.25) is 0 Å². The number of hydrogen-bond donors (Lipinski definition) is 2. The summed E-state index contributed by atoms with van der Waals surface area (Å²) in [5.74, 6) is 0.956. The molecule has 0 aliphatic heterocycles. The average Bonchev–Trinajstić information content (AvgIpc) is 2.86. The molecule has 0 bridgehead atoms. The fourth-order valence-electron chi connectivity index (χ4n) is 1.38. The van der Waals surface area contributed by atoms with Crippen LogP contribution >= 0.6 is 0 Å². The largest absolute Gasteiger partial charge is 0.313 e. The van der Waals surface area contributed by atoms with Gasteiger partial charge in [-0.05, 0) is 12.3 Å². The van der Waals surface area contributed by atoms with Crippen LogP contribution < -0.4 is 10.0 Å². The van der Waals surface area contributed by atoms with Crippen LogP contribution in [-0.2, 0) is 10.0 Å². The lowest BCUT2D eigenvalue weighted by Gasteiger charge is -2.09. The van der Waals surface area contributed by atoms with E-state index in [1.807, 2.05) is 13.8 Å². The second-order valence-electron chi connectivity index (χ2n) is 4.55. The molecule has 0 aromatic carbocycles. The highest BCUT2D eigenvalue weighted by Crippen LogP contribution is 2.31. The molecule has 90 valence electrons. The van der Waals surface area contributed by atoms with E-state index in [9.17, 15) is 8.42 Å². The van der Waals surface area contributed by atoms with E-state index in [-0.39, 0.29) is 5.75 Å². The summed E-state index contributed by atoms with van der Waals surface area (Å²) in [6, 6.07) is 0.340. The highest BCUT2D eigenvalue weighted by Gasteiger charge is 2.21. The fourth-order valence-corrected chi connectivity index (χ4v) is 2.34. The molecule has 15 heavy (non-hydrogen) atoms. The summed E-state index contributed by atoms with van der Waals surface area (Å²) in [5, 5.41) is 3.09. The van der Waals surface area contributed by atoms with E-state index in [2.05, 4.69) is 10.0 Å². The molecule has 1 saturated carbocycles. The Morgan fingerprint density at radius 1 is 1.27 bits per heavy atom. The summed E-state index contributed by atoms with van der Waals surface area (Å²) in [7, 11) is -3.06. The van der Waals surface area contributed by atoms with Crippen molar-refractivity contribution >= 4 is 10.0 Å². The Morgan fingerprint density at radius 2 is 1.93 bits per heavy atom. The van der Waals surface area contributed by atoms with Crippen molar-refractivity contribution in [2.24, 2.45) is 5.92 Å². The van der Waals surface area contributed by atoms with Gasteiger partial charge in [0.05, 0.1) is 5.75 Å². The van der Waals surface area contributed by atoms with Gasteiger partial charge in [0.1, 0.15) is 0 Å². The van der Waals surface area contributed by atoms with Crippen molar-refractivity contribution in [3.63, 3.8) is 0 Å². The van der Waals surface area contributed by atoms with E-state index < -0.39 is 10.0 Å². The molecule has 0 amide bonds. The maximum Gasteiger partial charge on any atom is 0.212 e. The quantitative estimate of drug-likeness (QED) is 0.650. The standard InChI is InChI=1S/C10H22N2O2S/c1-9(2)11-7-8-15(13,14)12-6-5-10-3-4-10/h9-12H,3-8H2,1-2H3. The van der Waals surface area contributed by atoms with Crippen LogP contribution in [0.2, 0.25) is 0 Å². The molecule has 0 unspecified atom stereocenters. The smallest absolute Gasteiger partial charge is 0.212 e. The lowest BCUT2D eigenvalue weighted by Crippen LogP contribution is -2.34. The van der Waals surface area contributed by atoms with Crippen LogP contribution in [0.3, 0.4) is 0 Å². The summed E-state index contributed by atoms with van der Waals surface area (Å²) in [6.45, 7) is 5.14. The number of rotatable bonds is 8.